The molecule has 12 heteroatoms. The molecule has 40 heavy (non-hydrogen) atoms. The molecule has 0 aliphatic carbocycles. The number of likely N-dealkylation sites (tertiary alicyclic amines) is 1. The van der Waals surface area contributed by atoms with Crippen LogP contribution < -0.4 is 15.4 Å². The molecule has 3 rings (SSSR count). The van der Waals surface area contributed by atoms with Gasteiger partial charge in [0, 0.05) is 37.0 Å². The third-order valence-electron chi connectivity index (χ3n) is 6.37. The van der Waals surface area contributed by atoms with Gasteiger partial charge in [-0.3, -0.25) is 4.79 Å². The molecule has 0 atom stereocenters. The number of benzene rings is 2. The number of nitrogens with one attached hydrogen (secondary N) is 2. The fourth-order valence-electron chi connectivity index (χ4n) is 4.50. The lowest BCUT2D eigenvalue weighted by molar-refractivity contribution is -0.137. The monoisotopic (exact) mass is 567 g/mol. The van der Waals surface area contributed by atoms with Gasteiger partial charge < -0.3 is 35.2 Å². The first-order valence-corrected chi connectivity index (χ1v) is 13.1. The van der Waals surface area contributed by atoms with Gasteiger partial charge in [0.2, 0.25) is 0 Å². The van der Waals surface area contributed by atoms with Crippen LogP contribution in [0.25, 0.3) is 0 Å². The zero-order valence-corrected chi connectivity index (χ0v) is 22.6. The Morgan fingerprint density at radius 3 is 2.33 bits per heavy atom. The van der Waals surface area contributed by atoms with E-state index in [-0.39, 0.29) is 62.5 Å². The van der Waals surface area contributed by atoms with Crippen molar-refractivity contribution in [3.63, 3.8) is 0 Å². The number of rotatable bonds is 11. The molecule has 1 aliphatic heterocycles. The maximum atomic E-state index is 13.6. The number of carbonyl (C=O) groups is 2. The van der Waals surface area contributed by atoms with Gasteiger partial charge in [-0.1, -0.05) is 13.8 Å². The third kappa shape index (κ3) is 9.39. The summed E-state index contributed by atoms with van der Waals surface area (Å²) in [5, 5.41) is 24.6. The maximum Gasteiger partial charge on any atom is 0.416 e. The van der Waals surface area contributed by atoms with Gasteiger partial charge in [0.25, 0.3) is 5.91 Å². The molecule has 9 nitrogen and oxygen atoms in total. The predicted octanol–water partition coefficient (Wildman–Crippen LogP) is 4.64. The van der Waals surface area contributed by atoms with Gasteiger partial charge in [-0.2, -0.15) is 13.2 Å². The number of hydrogen-bond acceptors (Lipinski definition) is 6. The van der Waals surface area contributed by atoms with Crippen LogP contribution in [0.5, 0.6) is 11.5 Å². The number of alkyl halides is 3. The summed E-state index contributed by atoms with van der Waals surface area (Å²) in [5.74, 6) is -0.0260. The second kappa shape index (κ2) is 13.8. The number of hydrogen-bond donors (Lipinski definition) is 4. The molecule has 4 N–H and O–H groups in total. The van der Waals surface area contributed by atoms with Crippen LogP contribution in [0.3, 0.4) is 0 Å². The first-order valence-electron chi connectivity index (χ1n) is 13.1. The summed E-state index contributed by atoms with van der Waals surface area (Å²) in [6.07, 6.45) is -3.29. The lowest BCUT2D eigenvalue weighted by atomic mass is 9.84. The number of aliphatic hydroxyl groups excluding tert-OH is 1. The van der Waals surface area contributed by atoms with E-state index in [0.29, 0.717) is 30.7 Å². The van der Waals surface area contributed by atoms with Crippen molar-refractivity contribution in [2.45, 2.75) is 44.9 Å². The van der Waals surface area contributed by atoms with Gasteiger partial charge in [-0.05, 0) is 61.6 Å². The second-order valence-corrected chi connectivity index (χ2v) is 10.2. The predicted molar refractivity (Wildman–Crippen MR) is 142 cm³/mol. The summed E-state index contributed by atoms with van der Waals surface area (Å²) >= 11 is 0. The number of amides is 3. The number of carbonyl (C=O) groups excluding carboxylic acids is 2. The summed E-state index contributed by atoms with van der Waals surface area (Å²) in [7, 11) is 0. The topological polar surface area (TPSA) is 120 Å². The average Bonchev–Trinajstić information content (AvgIpc) is 2.88. The molecule has 1 saturated heterocycles. The van der Waals surface area contributed by atoms with E-state index >= 15 is 0 Å². The Kier molecular flexibility index (Phi) is 10.8. The summed E-state index contributed by atoms with van der Waals surface area (Å²) in [6.45, 7) is 5.12. The Bertz CT molecular complexity index is 1130. The first kappa shape index (κ1) is 31.2. The zero-order chi connectivity index (χ0) is 29.3. The van der Waals surface area contributed by atoms with Crippen molar-refractivity contribution in [3.8, 4) is 11.5 Å². The highest BCUT2D eigenvalue weighted by Gasteiger charge is 2.35. The van der Waals surface area contributed by atoms with E-state index in [4.69, 9.17) is 14.6 Å². The van der Waals surface area contributed by atoms with Gasteiger partial charge in [-0.15, -0.1) is 0 Å². The van der Waals surface area contributed by atoms with Gasteiger partial charge in [0.15, 0.2) is 0 Å². The first-order chi connectivity index (χ1) is 18.9. The van der Waals surface area contributed by atoms with Gasteiger partial charge in [0.1, 0.15) is 11.5 Å². The van der Waals surface area contributed by atoms with Crippen molar-refractivity contribution in [3.05, 3.63) is 53.6 Å². The highest BCUT2D eigenvalue weighted by molar-refractivity contribution is 5.94. The minimum Gasteiger partial charge on any atom is -0.457 e. The van der Waals surface area contributed by atoms with Crippen LogP contribution in [-0.4, -0.2) is 72.1 Å². The number of halogens is 3. The smallest absolute Gasteiger partial charge is 0.416 e. The number of aliphatic hydroxyl groups is 2. The van der Waals surface area contributed by atoms with Crippen molar-refractivity contribution in [1.29, 1.82) is 0 Å². The Hall–Kier alpha value is -3.35. The molecule has 1 fully saturated rings. The normalized spacial score (nSPS) is 15.2. The molecular weight excluding hydrogens is 531 g/mol. The van der Waals surface area contributed by atoms with Crippen molar-refractivity contribution in [2.75, 3.05) is 44.8 Å². The van der Waals surface area contributed by atoms with Crippen LogP contribution in [0.2, 0.25) is 0 Å². The number of anilines is 1. The SMILES string of the molecule is CC(C)CC1(O)CCN(C(=O)Nc2cc(Oc3ccc(C(=O)NCCOCCO)cc3)cc(C(F)(F)F)c2)CC1. The quantitative estimate of drug-likeness (QED) is 0.294. The van der Waals surface area contributed by atoms with Crippen LogP contribution in [0.4, 0.5) is 23.7 Å². The number of piperidine rings is 1. The van der Waals surface area contributed by atoms with Crippen LogP contribution >= 0.6 is 0 Å². The number of urea groups is 1. The van der Waals surface area contributed by atoms with Crippen LogP contribution in [0, 0.1) is 5.92 Å². The van der Waals surface area contributed by atoms with Crippen molar-refractivity contribution in [1.82, 2.24) is 10.2 Å². The van der Waals surface area contributed by atoms with Gasteiger partial charge in [0.05, 0.1) is 31.0 Å². The number of ether oxygens (including phenoxy) is 2. The fraction of sp³-hybridized carbons (Fsp3) is 0.500. The maximum absolute atomic E-state index is 13.6. The Labute approximate surface area is 231 Å². The van der Waals surface area contributed by atoms with E-state index < -0.39 is 23.4 Å². The molecule has 3 amide bonds. The van der Waals surface area contributed by atoms with E-state index in [1.807, 2.05) is 13.8 Å². The third-order valence-corrected chi connectivity index (χ3v) is 6.37. The zero-order valence-electron chi connectivity index (χ0n) is 22.6. The molecule has 0 radical (unpaired) electrons. The molecule has 2 aromatic rings. The summed E-state index contributed by atoms with van der Waals surface area (Å²) in [4.78, 5) is 26.5. The lowest BCUT2D eigenvalue weighted by Gasteiger charge is -2.39. The van der Waals surface area contributed by atoms with E-state index in [2.05, 4.69) is 10.6 Å². The highest BCUT2D eigenvalue weighted by Crippen LogP contribution is 2.36. The lowest BCUT2D eigenvalue weighted by Crippen LogP contribution is -2.48. The van der Waals surface area contributed by atoms with Crippen molar-refractivity contribution < 1.29 is 42.4 Å². The van der Waals surface area contributed by atoms with E-state index in [1.165, 1.54) is 35.2 Å². The second-order valence-electron chi connectivity index (χ2n) is 10.2. The molecule has 0 aromatic heterocycles. The molecule has 220 valence electrons. The van der Waals surface area contributed by atoms with Gasteiger partial charge >= 0.3 is 12.2 Å². The van der Waals surface area contributed by atoms with E-state index in [1.54, 1.807) is 0 Å². The summed E-state index contributed by atoms with van der Waals surface area (Å²) < 4.78 is 51.5. The average molecular weight is 568 g/mol. The standard InChI is InChI=1S/C28H36F3N3O6/c1-19(2)18-27(38)7-10-34(11-8-27)26(37)33-22-15-21(28(29,30)31)16-24(17-22)40-23-5-3-20(4-6-23)25(36)32-9-13-39-14-12-35/h3-6,15-17,19,35,38H,7-14,18H2,1-2H3,(H,32,36)(H,33,37). The fourth-order valence-corrected chi connectivity index (χ4v) is 4.50. The summed E-state index contributed by atoms with van der Waals surface area (Å²) in [5.41, 5.74) is -1.62. The largest absolute Gasteiger partial charge is 0.457 e. The van der Waals surface area contributed by atoms with Crippen LogP contribution in [0.1, 0.15) is 49.0 Å². The molecule has 0 saturated carbocycles. The van der Waals surface area contributed by atoms with Crippen LogP contribution in [-0.2, 0) is 10.9 Å². The van der Waals surface area contributed by atoms with Crippen molar-refractivity contribution in [2.24, 2.45) is 5.92 Å². The van der Waals surface area contributed by atoms with Crippen LogP contribution in [0.15, 0.2) is 42.5 Å². The molecule has 1 heterocycles. The molecule has 0 unspecified atom stereocenters. The Morgan fingerprint density at radius 1 is 1.05 bits per heavy atom. The molecule has 0 spiro atoms. The van der Waals surface area contributed by atoms with Crippen molar-refractivity contribution >= 4 is 17.6 Å². The molecule has 1 aliphatic rings. The molecule has 2 aromatic carbocycles. The summed E-state index contributed by atoms with van der Waals surface area (Å²) in [6, 6.07) is 8.22. The van der Waals surface area contributed by atoms with Gasteiger partial charge in [-0.25, -0.2) is 4.79 Å². The van der Waals surface area contributed by atoms with E-state index in [0.717, 1.165) is 12.1 Å². The van der Waals surface area contributed by atoms with E-state index in [9.17, 15) is 27.9 Å². The minimum absolute atomic E-state index is 0.0859. The number of nitrogens with zero attached hydrogens (tertiary/aromatic N) is 1. The molecular formula is C28H36F3N3O6. The Morgan fingerprint density at radius 2 is 1.73 bits per heavy atom. The minimum atomic E-state index is -4.68. The molecule has 0 bridgehead atoms. The highest BCUT2D eigenvalue weighted by atomic mass is 19.4. The Balaban J connectivity index is 1.65.